The molecule has 1 unspecified atom stereocenters. The third-order valence-electron chi connectivity index (χ3n) is 3.98. The van der Waals surface area contributed by atoms with Crippen LogP contribution in [0.25, 0.3) is 0 Å². The van der Waals surface area contributed by atoms with Crippen molar-refractivity contribution in [2.45, 2.75) is 19.1 Å². The zero-order valence-electron chi connectivity index (χ0n) is 14.2. The molecule has 1 saturated heterocycles. The minimum atomic E-state index is -4.39. The third-order valence-corrected chi connectivity index (χ3v) is 5.25. The molecule has 0 radical (unpaired) electrons. The second-order valence-corrected chi connectivity index (χ2v) is 8.04. The minimum absolute atomic E-state index is 0. The Kier molecular flexibility index (Phi) is 8.14. The lowest BCUT2D eigenvalue weighted by Gasteiger charge is -2.14. The highest BCUT2D eigenvalue weighted by molar-refractivity contribution is 14.0. The zero-order valence-corrected chi connectivity index (χ0v) is 17.3. The number of aliphatic imine (C=N–C) groups is 1. The van der Waals surface area contributed by atoms with E-state index in [1.165, 1.54) is 16.6 Å². The van der Waals surface area contributed by atoms with Gasteiger partial charge in [0.1, 0.15) is 0 Å². The van der Waals surface area contributed by atoms with E-state index in [9.17, 15) is 21.6 Å². The lowest BCUT2D eigenvalue weighted by molar-refractivity contribution is -0.137. The smallest absolute Gasteiger partial charge is 0.370 e. The summed E-state index contributed by atoms with van der Waals surface area (Å²) in [6.45, 7) is 1.39. The van der Waals surface area contributed by atoms with Gasteiger partial charge >= 0.3 is 6.18 Å². The molecule has 6 nitrogen and oxygen atoms in total. The number of benzene rings is 1. The molecule has 11 heteroatoms. The first-order chi connectivity index (χ1) is 11.6. The van der Waals surface area contributed by atoms with Gasteiger partial charge in [-0.1, -0.05) is 12.1 Å². The van der Waals surface area contributed by atoms with Crippen LogP contribution in [0.4, 0.5) is 13.2 Å². The van der Waals surface area contributed by atoms with Crippen LogP contribution in [0, 0.1) is 5.92 Å². The van der Waals surface area contributed by atoms with E-state index in [-0.39, 0.29) is 42.4 Å². The van der Waals surface area contributed by atoms with Crippen LogP contribution in [0.15, 0.2) is 29.3 Å². The molecule has 2 rings (SSSR count). The quantitative estimate of drug-likeness (QED) is 0.364. The fourth-order valence-electron chi connectivity index (χ4n) is 2.59. The number of nitrogens with one attached hydrogen (secondary N) is 1. The molecule has 1 heterocycles. The molecule has 0 aromatic heterocycles. The number of hydrogen-bond acceptors (Lipinski definition) is 3. The van der Waals surface area contributed by atoms with Crippen LogP contribution in [0.5, 0.6) is 0 Å². The molecule has 1 aromatic rings. The summed E-state index contributed by atoms with van der Waals surface area (Å²) in [7, 11) is -3.18. The summed E-state index contributed by atoms with van der Waals surface area (Å²) in [5.41, 5.74) is 5.41. The fraction of sp³-hybridized carbons (Fsp3) is 0.533. The van der Waals surface area contributed by atoms with Crippen molar-refractivity contribution in [2.75, 3.05) is 25.9 Å². The van der Waals surface area contributed by atoms with Gasteiger partial charge in [0.25, 0.3) is 0 Å². The predicted molar refractivity (Wildman–Crippen MR) is 105 cm³/mol. The second kappa shape index (κ2) is 9.22. The van der Waals surface area contributed by atoms with Crippen molar-refractivity contribution in [3.63, 3.8) is 0 Å². The van der Waals surface area contributed by atoms with Crippen molar-refractivity contribution in [3.8, 4) is 0 Å². The molecule has 0 bridgehead atoms. The summed E-state index contributed by atoms with van der Waals surface area (Å²) in [5, 5.41) is 2.90. The van der Waals surface area contributed by atoms with Crippen LogP contribution < -0.4 is 11.1 Å². The van der Waals surface area contributed by atoms with Gasteiger partial charge in [-0.25, -0.2) is 17.7 Å². The molecule has 1 aromatic carbocycles. The Hall–Kier alpha value is -1.08. The van der Waals surface area contributed by atoms with Crippen LogP contribution in [0.2, 0.25) is 0 Å². The van der Waals surface area contributed by atoms with Crippen molar-refractivity contribution in [2.24, 2.45) is 16.6 Å². The highest BCUT2D eigenvalue weighted by Crippen LogP contribution is 2.29. The Morgan fingerprint density at radius 1 is 1.42 bits per heavy atom. The van der Waals surface area contributed by atoms with Crippen LogP contribution in [-0.2, 0) is 22.7 Å². The van der Waals surface area contributed by atoms with Crippen LogP contribution in [0.3, 0.4) is 0 Å². The van der Waals surface area contributed by atoms with Crippen molar-refractivity contribution in [1.29, 1.82) is 0 Å². The molecule has 1 atom stereocenters. The Balaban J connectivity index is 0.00000338. The van der Waals surface area contributed by atoms with Gasteiger partial charge in [0.05, 0.1) is 18.4 Å². The van der Waals surface area contributed by atoms with E-state index in [1.54, 1.807) is 6.07 Å². The molecular formula is C15H22F3IN4O2S. The molecule has 0 spiro atoms. The average molecular weight is 506 g/mol. The van der Waals surface area contributed by atoms with Crippen LogP contribution >= 0.6 is 24.0 Å². The van der Waals surface area contributed by atoms with Gasteiger partial charge in [0.15, 0.2) is 5.96 Å². The molecule has 0 aliphatic carbocycles. The maximum atomic E-state index is 12.7. The van der Waals surface area contributed by atoms with Gasteiger partial charge in [-0.15, -0.1) is 24.0 Å². The van der Waals surface area contributed by atoms with E-state index >= 15 is 0 Å². The topological polar surface area (TPSA) is 87.8 Å². The fourth-order valence-corrected chi connectivity index (χ4v) is 3.51. The number of rotatable bonds is 5. The maximum absolute atomic E-state index is 12.7. The first kappa shape index (κ1) is 23.0. The van der Waals surface area contributed by atoms with E-state index in [2.05, 4.69) is 10.3 Å². The van der Waals surface area contributed by atoms with E-state index in [1.807, 2.05) is 0 Å². The van der Waals surface area contributed by atoms with Crippen molar-refractivity contribution in [1.82, 2.24) is 9.62 Å². The summed E-state index contributed by atoms with van der Waals surface area (Å²) in [4.78, 5) is 4.03. The average Bonchev–Trinajstić information content (AvgIpc) is 2.99. The SMILES string of the molecule is CS(=O)(=O)N1CCC(CNC(N)=NCc2cccc(C(F)(F)F)c2)C1.I. The molecule has 1 aliphatic rings. The third kappa shape index (κ3) is 6.91. The van der Waals surface area contributed by atoms with Gasteiger partial charge in [-0.2, -0.15) is 13.2 Å². The van der Waals surface area contributed by atoms with E-state index in [0.717, 1.165) is 18.6 Å². The normalized spacial score (nSPS) is 19.2. The Morgan fingerprint density at radius 3 is 2.69 bits per heavy atom. The van der Waals surface area contributed by atoms with Crippen molar-refractivity contribution < 1.29 is 21.6 Å². The van der Waals surface area contributed by atoms with Crippen LogP contribution in [-0.4, -0.2) is 44.6 Å². The monoisotopic (exact) mass is 506 g/mol. The van der Waals surface area contributed by atoms with Gasteiger partial charge < -0.3 is 11.1 Å². The van der Waals surface area contributed by atoms with E-state index < -0.39 is 21.8 Å². The number of guanidine groups is 1. The summed E-state index contributed by atoms with van der Waals surface area (Å²) in [5.74, 6) is 0.243. The molecule has 1 fully saturated rings. The number of hydrogen-bond donors (Lipinski definition) is 2. The highest BCUT2D eigenvalue weighted by Gasteiger charge is 2.30. The molecule has 26 heavy (non-hydrogen) atoms. The summed E-state index contributed by atoms with van der Waals surface area (Å²) >= 11 is 0. The molecule has 0 amide bonds. The molecule has 1 aliphatic heterocycles. The minimum Gasteiger partial charge on any atom is -0.370 e. The Morgan fingerprint density at radius 2 is 2.12 bits per heavy atom. The number of sulfonamides is 1. The number of halogens is 4. The molecule has 148 valence electrons. The molecular weight excluding hydrogens is 484 g/mol. The molecule has 3 N–H and O–H groups in total. The first-order valence-corrected chi connectivity index (χ1v) is 9.55. The van der Waals surface area contributed by atoms with Gasteiger partial charge in [0.2, 0.25) is 10.0 Å². The molecule has 0 saturated carbocycles. The zero-order chi connectivity index (χ0) is 18.7. The lowest BCUT2D eigenvalue weighted by Crippen LogP contribution is -2.36. The number of nitrogens with two attached hydrogens (primary N) is 1. The van der Waals surface area contributed by atoms with E-state index in [4.69, 9.17) is 5.73 Å². The largest absolute Gasteiger partial charge is 0.416 e. The van der Waals surface area contributed by atoms with Crippen molar-refractivity contribution in [3.05, 3.63) is 35.4 Å². The summed E-state index contributed by atoms with van der Waals surface area (Å²) in [6, 6.07) is 4.92. The predicted octanol–water partition coefficient (Wildman–Crippen LogP) is 2.01. The first-order valence-electron chi connectivity index (χ1n) is 7.71. The van der Waals surface area contributed by atoms with E-state index in [0.29, 0.717) is 25.2 Å². The second-order valence-electron chi connectivity index (χ2n) is 6.06. The van der Waals surface area contributed by atoms with Gasteiger partial charge in [-0.3, -0.25) is 0 Å². The van der Waals surface area contributed by atoms with Crippen molar-refractivity contribution >= 4 is 40.0 Å². The summed E-state index contributed by atoms with van der Waals surface area (Å²) < 4.78 is 62.3. The highest BCUT2D eigenvalue weighted by atomic mass is 127. The van der Waals surface area contributed by atoms with Gasteiger partial charge in [0, 0.05) is 19.6 Å². The maximum Gasteiger partial charge on any atom is 0.416 e. The standard InChI is InChI=1S/C15H21F3N4O2S.HI/c1-25(23,24)22-6-5-12(10-22)9-21-14(19)20-8-11-3-2-4-13(7-11)15(16,17)18;/h2-4,7,12H,5-6,8-10H2,1H3,(H3,19,20,21);1H. The number of alkyl halides is 3. The summed E-state index contributed by atoms with van der Waals surface area (Å²) in [6.07, 6.45) is -2.49. The Labute approximate surface area is 168 Å². The van der Waals surface area contributed by atoms with Gasteiger partial charge in [-0.05, 0) is 30.0 Å². The number of nitrogens with zero attached hydrogens (tertiary/aromatic N) is 2. The Bertz CT molecular complexity index is 741. The lowest BCUT2D eigenvalue weighted by atomic mass is 10.1. The van der Waals surface area contributed by atoms with Crippen LogP contribution in [0.1, 0.15) is 17.5 Å².